The van der Waals surface area contributed by atoms with Gasteiger partial charge in [-0.15, -0.1) is 0 Å². The molecule has 1 amide bonds. The lowest BCUT2D eigenvalue weighted by Gasteiger charge is -2.30. The number of hydrogen-bond acceptors (Lipinski definition) is 4. The number of rotatable bonds is 16. The highest BCUT2D eigenvalue weighted by molar-refractivity contribution is 6.60. The van der Waals surface area contributed by atoms with Crippen molar-refractivity contribution in [2.45, 2.75) is 84.6 Å². The van der Waals surface area contributed by atoms with Crippen molar-refractivity contribution in [3.05, 3.63) is 0 Å². The Kier molecular flexibility index (Phi) is 13.5. The number of hydrogen-bond donors (Lipinski definition) is 1. The summed E-state index contributed by atoms with van der Waals surface area (Å²) < 4.78 is 16.4. The Morgan fingerprint density at radius 2 is 1.44 bits per heavy atom. The summed E-state index contributed by atoms with van der Waals surface area (Å²) in [7, 11) is 2.37. The van der Waals surface area contributed by atoms with Gasteiger partial charge in [0.25, 0.3) is 0 Å². The summed E-state index contributed by atoms with van der Waals surface area (Å²) >= 11 is 0. The smallest absolute Gasteiger partial charge is 0.377 e. The Bertz CT molecular complexity index is 338. The quantitative estimate of drug-likeness (QED) is 0.318. The van der Waals surface area contributed by atoms with E-state index >= 15 is 0 Å². The average molecular weight is 376 g/mol. The van der Waals surface area contributed by atoms with Crippen molar-refractivity contribution < 1.29 is 18.1 Å². The van der Waals surface area contributed by atoms with Crippen molar-refractivity contribution >= 4 is 14.7 Å². The molecular weight excluding hydrogens is 334 g/mol. The molecule has 5 nitrogen and oxygen atoms in total. The van der Waals surface area contributed by atoms with E-state index in [4.69, 9.17) is 13.3 Å². The number of nitrogens with one attached hydrogen (secondary N) is 1. The Morgan fingerprint density at radius 3 is 1.96 bits per heavy atom. The molecule has 0 aliphatic heterocycles. The lowest BCUT2D eigenvalue weighted by atomic mass is 9.90. The molecule has 1 N–H and O–H groups in total. The van der Waals surface area contributed by atoms with E-state index in [1.807, 2.05) is 0 Å². The monoisotopic (exact) mass is 375 g/mol. The Labute approximate surface area is 156 Å². The zero-order valence-electron chi connectivity index (χ0n) is 17.4. The number of unbranched alkanes of at least 4 members (excludes halogenated alkanes) is 6. The van der Waals surface area contributed by atoms with E-state index in [1.54, 1.807) is 21.3 Å². The van der Waals surface area contributed by atoms with Crippen LogP contribution in [0.5, 0.6) is 0 Å². The molecule has 0 unspecified atom stereocenters. The molecule has 0 rings (SSSR count). The maximum atomic E-state index is 12.0. The highest BCUT2D eigenvalue weighted by Crippen LogP contribution is 2.27. The van der Waals surface area contributed by atoms with Gasteiger partial charge in [-0.25, -0.2) is 0 Å². The summed E-state index contributed by atoms with van der Waals surface area (Å²) in [6, 6.07) is 0.747. The molecule has 150 valence electrons. The molecule has 0 saturated carbocycles. The molecule has 0 aromatic rings. The van der Waals surface area contributed by atoms with Crippen molar-refractivity contribution in [1.29, 1.82) is 0 Å². The Hall–Kier alpha value is -0.433. The molecular formula is C19H41NO4Si. The molecule has 0 heterocycles. The normalized spacial score (nSPS) is 12.4. The van der Waals surface area contributed by atoms with Crippen LogP contribution in [0.15, 0.2) is 0 Å². The molecule has 0 atom stereocenters. The van der Waals surface area contributed by atoms with Crippen LogP contribution in [0.2, 0.25) is 6.04 Å². The SMILES string of the molecule is CCCCCCCCCC(=O)NCC(C)(C)CC[Si](OC)(OC)OC. The molecule has 0 aliphatic rings. The fourth-order valence-corrected chi connectivity index (χ4v) is 4.90. The lowest BCUT2D eigenvalue weighted by Crippen LogP contribution is -2.44. The second-order valence-electron chi connectivity index (χ2n) is 7.61. The molecule has 0 bridgehead atoms. The first-order valence-electron chi connectivity index (χ1n) is 9.77. The molecule has 0 radical (unpaired) electrons. The summed E-state index contributed by atoms with van der Waals surface area (Å²) in [6.07, 6.45) is 10.1. The predicted molar refractivity (Wildman–Crippen MR) is 106 cm³/mol. The number of amides is 1. The third kappa shape index (κ3) is 11.7. The third-order valence-corrected chi connectivity index (χ3v) is 7.54. The molecule has 25 heavy (non-hydrogen) atoms. The van der Waals surface area contributed by atoms with Gasteiger partial charge in [-0.1, -0.05) is 59.3 Å². The maximum absolute atomic E-state index is 12.0. The molecule has 0 aromatic heterocycles. The van der Waals surface area contributed by atoms with E-state index in [9.17, 15) is 4.79 Å². The minimum absolute atomic E-state index is 0.0103. The van der Waals surface area contributed by atoms with E-state index in [1.165, 1.54) is 32.1 Å². The highest BCUT2D eigenvalue weighted by Gasteiger charge is 2.39. The van der Waals surface area contributed by atoms with Crippen molar-refractivity contribution in [2.75, 3.05) is 27.9 Å². The summed E-state index contributed by atoms with van der Waals surface area (Å²) in [5.41, 5.74) is -0.0103. The second kappa shape index (κ2) is 13.7. The second-order valence-corrected chi connectivity index (χ2v) is 10.7. The van der Waals surface area contributed by atoms with Gasteiger partial charge in [0.15, 0.2) is 0 Å². The van der Waals surface area contributed by atoms with Crippen molar-refractivity contribution in [3.8, 4) is 0 Å². The van der Waals surface area contributed by atoms with E-state index < -0.39 is 8.80 Å². The zero-order chi connectivity index (χ0) is 19.2. The van der Waals surface area contributed by atoms with E-state index in [2.05, 4.69) is 26.1 Å². The van der Waals surface area contributed by atoms with Crippen LogP contribution in [-0.4, -0.2) is 42.6 Å². The fourth-order valence-electron chi connectivity index (χ4n) is 2.80. The van der Waals surface area contributed by atoms with E-state index in [0.29, 0.717) is 13.0 Å². The van der Waals surface area contributed by atoms with Crippen molar-refractivity contribution in [2.24, 2.45) is 5.41 Å². The molecule has 0 aliphatic carbocycles. The standard InChI is InChI=1S/C19H41NO4Si/c1-7-8-9-10-11-12-13-14-18(21)20-17-19(2,3)15-16-25(22-4,23-5)24-6/h7-17H2,1-6H3,(H,20,21). The summed E-state index contributed by atoms with van der Waals surface area (Å²) in [5, 5.41) is 3.08. The predicted octanol–water partition coefficient (Wildman–Crippen LogP) is 4.54. The van der Waals surface area contributed by atoms with E-state index in [0.717, 1.165) is 25.3 Å². The van der Waals surface area contributed by atoms with Crippen LogP contribution in [0.4, 0.5) is 0 Å². The highest BCUT2D eigenvalue weighted by atomic mass is 28.4. The molecule has 0 saturated heterocycles. The van der Waals surface area contributed by atoms with Gasteiger partial charge in [-0.05, 0) is 18.3 Å². The average Bonchev–Trinajstić information content (AvgIpc) is 2.61. The fraction of sp³-hybridized carbons (Fsp3) is 0.947. The Balaban J connectivity index is 3.93. The van der Waals surface area contributed by atoms with Crippen LogP contribution in [-0.2, 0) is 18.1 Å². The minimum Gasteiger partial charge on any atom is -0.377 e. The summed E-state index contributed by atoms with van der Waals surface area (Å²) in [5.74, 6) is 0.162. The van der Waals surface area contributed by atoms with Gasteiger partial charge in [0.05, 0.1) is 0 Å². The first kappa shape index (κ1) is 24.6. The van der Waals surface area contributed by atoms with Crippen molar-refractivity contribution in [3.63, 3.8) is 0 Å². The zero-order valence-corrected chi connectivity index (χ0v) is 18.4. The van der Waals surface area contributed by atoms with Crippen LogP contribution in [0.25, 0.3) is 0 Å². The molecule has 0 fully saturated rings. The van der Waals surface area contributed by atoms with Gasteiger partial charge < -0.3 is 18.6 Å². The van der Waals surface area contributed by atoms with Gasteiger partial charge >= 0.3 is 8.80 Å². The summed E-state index contributed by atoms with van der Waals surface area (Å²) in [4.78, 5) is 12.0. The minimum atomic E-state index is -2.54. The lowest BCUT2D eigenvalue weighted by molar-refractivity contribution is -0.121. The first-order chi connectivity index (χ1) is 11.8. The van der Waals surface area contributed by atoms with Gasteiger partial charge in [-0.3, -0.25) is 4.79 Å². The largest absolute Gasteiger partial charge is 0.500 e. The van der Waals surface area contributed by atoms with Crippen LogP contribution in [0, 0.1) is 5.41 Å². The van der Waals surface area contributed by atoms with Crippen LogP contribution in [0.1, 0.15) is 78.6 Å². The van der Waals surface area contributed by atoms with Crippen LogP contribution in [0.3, 0.4) is 0 Å². The van der Waals surface area contributed by atoms with Crippen LogP contribution < -0.4 is 5.32 Å². The maximum Gasteiger partial charge on any atom is 0.500 e. The van der Waals surface area contributed by atoms with Crippen molar-refractivity contribution in [1.82, 2.24) is 5.32 Å². The summed E-state index contributed by atoms with van der Waals surface area (Å²) in [6.45, 7) is 7.21. The van der Waals surface area contributed by atoms with Crippen LogP contribution >= 0.6 is 0 Å². The Morgan fingerprint density at radius 1 is 0.920 bits per heavy atom. The van der Waals surface area contributed by atoms with Gasteiger partial charge in [0, 0.05) is 40.3 Å². The molecule has 0 aromatic carbocycles. The number of carbonyl (C=O) groups is 1. The van der Waals surface area contributed by atoms with Gasteiger partial charge in [-0.2, -0.15) is 0 Å². The van der Waals surface area contributed by atoms with E-state index in [-0.39, 0.29) is 11.3 Å². The topological polar surface area (TPSA) is 56.8 Å². The molecule has 6 heteroatoms. The molecule has 0 spiro atoms. The van der Waals surface area contributed by atoms with Gasteiger partial charge in [0.1, 0.15) is 0 Å². The first-order valence-corrected chi connectivity index (χ1v) is 11.7. The number of carbonyl (C=O) groups excluding carboxylic acids is 1. The third-order valence-electron chi connectivity index (χ3n) is 4.81. The van der Waals surface area contributed by atoms with Gasteiger partial charge in [0.2, 0.25) is 5.91 Å².